The van der Waals surface area contributed by atoms with Crippen LogP contribution in [0.3, 0.4) is 0 Å². The molecular weight excluding hydrogens is 466 g/mol. The molecule has 7 nitrogen and oxygen atoms in total. The molecule has 0 bridgehead atoms. The molecule has 0 spiro atoms. The van der Waals surface area contributed by atoms with Gasteiger partial charge in [0.2, 0.25) is 0 Å². The summed E-state index contributed by atoms with van der Waals surface area (Å²) in [6, 6.07) is 21.9. The smallest absolute Gasteiger partial charge is 0.308 e. The molecule has 0 unspecified atom stereocenters. The number of imide groups is 1. The summed E-state index contributed by atoms with van der Waals surface area (Å²) in [5.41, 5.74) is 5.94. The number of benzene rings is 3. The first-order valence-corrected chi connectivity index (χ1v) is 11.9. The van der Waals surface area contributed by atoms with Gasteiger partial charge in [0, 0.05) is 51.2 Å². The molecule has 6 rings (SSSR count). The van der Waals surface area contributed by atoms with Gasteiger partial charge in [-0.3, -0.25) is 14.4 Å². The van der Waals surface area contributed by atoms with Gasteiger partial charge in [-0.2, -0.15) is 0 Å². The van der Waals surface area contributed by atoms with Gasteiger partial charge in [0.25, 0.3) is 11.8 Å². The van der Waals surface area contributed by atoms with Gasteiger partial charge in [-0.05, 0) is 50.2 Å². The zero-order chi connectivity index (χ0) is 25.8. The number of nitrogens with zero attached hydrogens (tertiary/aromatic N) is 1. The summed E-state index contributed by atoms with van der Waals surface area (Å²) in [5, 5.41) is 1.75. The Bertz CT molecular complexity index is 1690. The highest BCUT2D eigenvalue weighted by molar-refractivity contribution is 6.58. The van der Waals surface area contributed by atoms with Crippen LogP contribution in [0.1, 0.15) is 29.4 Å². The number of aryl methyl sites for hydroxylation is 2. The van der Waals surface area contributed by atoms with Crippen molar-refractivity contribution < 1.29 is 19.1 Å². The van der Waals surface area contributed by atoms with Gasteiger partial charge in [-0.15, -0.1) is 0 Å². The van der Waals surface area contributed by atoms with Crippen molar-refractivity contribution in [2.75, 3.05) is 4.90 Å². The molecule has 2 amide bonds. The van der Waals surface area contributed by atoms with E-state index in [1.165, 1.54) is 11.8 Å². The van der Waals surface area contributed by atoms with Crippen molar-refractivity contribution in [3.63, 3.8) is 0 Å². The standard InChI is InChI=1S/C30H23N3O4/c1-16-25(21-8-4-6-10-23(21)31-16)27-28(26-17(2)32-24-11-7-5-9-22(24)26)30(36)33(29(27)35)19-12-14-20(15-13-19)37-18(3)34/h4-15,31-32H,1-3H3. The Morgan fingerprint density at radius 1 is 0.703 bits per heavy atom. The van der Waals surface area contributed by atoms with E-state index in [1.54, 1.807) is 24.3 Å². The summed E-state index contributed by atoms with van der Waals surface area (Å²) in [7, 11) is 0. The number of aromatic nitrogens is 2. The fourth-order valence-electron chi connectivity index (χ4n) is 5.25. The van der Waals surface area contributed by atoms with E-state index in [0.717, 1.165) is 33.2 Å². The second-order valence-electron chi connectivity index (χ2n) is 9.12. The number of H-pyrrole nitrogens is 2. The van der Waals surface area contributed by atoms with Crippen LogP contribution < -0.4 is 9.64 Å². The van der Waals surface area contributed by atoms with Crippen molar-refractivity contribution in [3.8, 4) is 5.75 Å². The summed E-state index contributed by atoms with van der Waals surface area (Å²) < 4.78 is 5.13. The fourth-order valence-corrected chi connectivity index (χ4v) is 5.25. The van der Waals surface area contributed by atoms with Crippen LogP contribution in [0.2, 0.25) is 0 Å². The normalized spacial score (nSPS) is 13.9. The van der Waals surface area contributed by atoms with E-state index in [-0.39, 0.29) is 0 Å². The van der Waals surface area contributed by atoms with E-state index >= 15 is 0 Å². The molecule has 0 saturated heterocycles. The predicted molar refractivity (Wildman–Crippen MR) is 143 cm³/mol. The molecule has 2 N–H and O–H groups in total. The molecule has 3 aromatic carbocycles. The Balaban J connectivity index is 1.61. The number of amides is 2. The minimum absolute atomic E-state index is 0.337. The first kappa shape index (κ1) is 22.5. The SMILES string of the molecule is CC(=O)Oc1ccc(N2C(=O)C(c3c(C)[nH]c4ccccc34)=C(c3c(C)[nH]c4ccccc34)C2=O)cc1. The Labute approximate surface area is 212 Å². The molecule has 0 fully saturated rings. The van der Waals surface area contributed by atoms with Crippen LogP contribution in [0.4, 0.5) is 5.69 Å². The highest BCUT2D eigenvalue weighted by Crippen LogP contribution is 2.44. The molecule has 1 aliphatic heterocycles. The number of hydrogen-bond donors (Lipinski definition) is 2. The van der Waals surface area contributed by atoms with Crippen LogP contribution in [-0.2, 0) is 14.4 Å². The summed E-state index contributed by atoms with van der Waals surface area (Å²) in [4.78, 5) is 47.6. The van der Waals surface area contributed by atoms with Gasteiger partial charge in [0.15, 0.2) is 0 Å². The average Bonchev–Trinajstić information content (AvgIpc) is 3.46. The number of para-hydroxylation sites is 2. The third-order valence-corrected chi connectivity index (χ3v) is 6.73. The number of fused-ring (bicyclic) bond motifs is 2. The van der Waals surface area contributed by atoms with Gasteiger partial charge in [0.05, 0.1) is 16.8 Å². The third kappa shape index (κ3) is 3.47. The minimum atomic E-state index is -0.447. The lowest BCUT2D eigenvalue weighted by Gasteiger charge is -2.16. The molecule has 2 aromatic heterocycles. The Morgan fingerprint density at radius 3 is 1.62 bits per heavy atom. The van der Waals surface area contributed by atoms with Crippen LogP contribution >= 0.6 is 0 Å². The number of nitrogens with one attached hydrogen (secondary N) is 2. The molecule has 3 heterocycles. The van der Waals surface area contributed by atoms with Crippen LogP contribution in [-0.4, -0.2) is 27.8 Å². The Morgan fingerprint density at radius 2 is 1.16 bits per heavy atom. The second-order valence-corrected chi connectivity index (χ2v) is 9.12. The van der Waals surface area contributed by atoms with E-state index < -0.39 is 17.8 Å². The van der Waals surface area contributed by atoms with E-state index in [0.29, 0.717) is 33.7 Å². The number of anilines is 1. The quantitative estimate of drug-likeness (QED) is 0.193. The molecule has 0 saturated carbocycles. The topological polar surface area (TPSA) is 95.3 Å². The number of ether oxygens (including phenoxy) is 1. The summed E-state index contributed by atoms with van der Waals surface area (Å²) in [6.45, 7) is 5.14. The summed E-state index contributed by atoms with van der Waals surface area (Å²) in [6.07, 6.45) is 0. The maximum absolute atomic E-state index is 14.2. The van der Waals surface area contributed by atoms with Crippen LogP contribution in [0.25, 0.3) is 33.0 Å². The fraction of sp³-hybridized carbons (Fsp3) is 0.100. The van der Waals surface area contributed by atoms with Crippen molar-refractivity contribution in [2.24, 2.45) is 0 Å². The van der Waals surface area contributed by atoms with Crippen LogP contribution in [0.5, 0.6) is 5.75 Å². The lowest BCUT2D eigenvalue weighted by Crippen LogP contribution is -2.31. The number of aromatic amines is 2. The van der Waals surface area contributed by atoms with E-state index in [4.69, 9.17) is 4.74 Å². The number of esters is 1. The number of carbonyl (C=O) groups is 3. The van der Waals surface area contributed by atoms with E-state index in [2.05, 4.69) is 9.97 Å². The predicted octanol–water partition coefficient (Wildman–Crippen LogP) is 5.68. The molecule has 7 heteroatoms. The van der Waals surface area contributed by atoms with Crippen LogP contribution in [0, 0.1) is 13.8 Å². The van der Waals surface area contributed by atoms with E-state index in [1.807, 2.05) is 62.4 Å². The van der Waals surface area contributed by atoms with Gasteiger partial charge < -0.3 is 14.7 Å². The van der Waals surface area contributed by atoms with E-state index in [9.17, 15) is 14.4 Å². The van der Waals surface area contributed by atoms with Crippen molar-refractivity contribution in [3.05, 3.63) is 95.3 Å². The maximum Gasteiger partial charge on any atom is 0.308 e. The zero-order valence-corrected chi connectivity index (χ0v) is 20.5. The van der Waals surface area contributed by atoms with Gasteiger partial charge in [0.1, 0.15) is 5.75 Å². The average molecular weight is 490 g/mol. The number of rotatable bonds is 4. The Kier molecular flexibility index (Phi) is 5.08. The van der Waals surface area contributed by atoms with Crippen LogP contribution in [0.15, 0.2) is 72.8 Å². The maximum atomic E-state index is 14.2. The first-order valence-electron chi connectivity index (χ1n) is 11.9. The first-order chi connectivity index (χ1) is 17.8. The minimum Gasteiger partial charge on any atom is -0.427 e. The largest absolute Gasteiger partial charge is 0.427 e. The van der Waals surface area contributed by atoms with Crippen molar-refractivity contribution in [2.45, 2.75) is 20.8 Å². The highest BCUT2D eigenvalue weighted by atomic mass is 16.5. The molecule has 37 heavy (non-hydrogen) atoms. The van der Waals surface area contributed by atoms with Crippen molar-refractivity contribution in [1.82, 2.24) is 9.97 Å². The second kappa shape index (κ2) is 8.34. The third-order valence-electron chi connectivity index (χ3n) is 6.73. The lowest BCUT2D eigenvalue weighted by molar-refractivity contribution is -0.132. The molecule has 182 valence electrons. The van der Waals surface area contributed by atoms with Gasteiger partial charge >= 0.3 is 5.97 Å². The molecular formula is C30H23N3O4. The summed E-state index contributed by atoms with van der Waals surface area (Å²) >= 11 is 0. The number of hydrogen-bond acceptors (Lipinski definition) is 4. The highest BCUT2D eigenvalue weighted by Gasteiger charge is 2.43. The van der Waals surface area contributed by atoms with Crippen molar-refractivity contribution in [1.29, 1.82) is 0 Å². The molecule has 0 radical (unpaired) electrons. The summed E-state index contributed by atoms with van der Waals surface area (Å²) in [5.74, 6) is -0.920. The monoisotopic (exact) mass is 489 g/mol. The Hall–Kier alpha value is -4.91. The molecule has 5 aromatic rings. The molecule has 0 aliphatic carbocycles. The number of carbonyl (C=O) groups excluding carboxylic acids is 3. The lowest BCUT2D eigenvalue weighted by atomic mass is 9.93. The zero-order valence-electron chi connectivity index (χ0n) is 20.5. The molecule has 0 atom stereocenters. The van der Waals surface area contributed by atoms with Crippen molar-refractivity contribution >= 4 is 56.4 Å². The molecule has 1 aliphatic rings. The van der Waals surface area contributed by atoms with Gasteiger partial charge in [-0.25, -0.2) is 4.90 Å². The van der Waals surface area contributed by atoms with Gasteiger partial charge in [-0.1, -0.05) is 36.4 Å².